The Morgan fingerprint density at radius 3 is 2.86 bits per heavy atom. The van der Waals surface area contributed by atoms with E-state index in [-0.39, 0.29) is 12.1 Å². The van der Waals surface area contributed by atoms with Crippen LogP contribution in [0.5, 0.6) is 5.75 Å². The Bertz CT molecular complexity index is 597. The molecule has 112 valence electrons. The number of anilines is 1. The van der Waals surface area contributed by atoms with Crippen LogP contribution in [0.3, 0.4) is 0 Å². The van der Waals surface area contributed by atoms with Gasteiger partial charge in [-0.1, -0.05) is 0 Å². The average molecular weight is 306 g/mol. The van der Waals surface area contributed by atoms with Crippen molar-refractivity contribution in [2.75, 3.05) is 12.4 Å². The van der Waals surface area contributed by atoms with Crippen LogP contribution in [0, 0.1) is 0 Å². The molecule has 6 heteroatoms. The quantitative estimate of drug-likeness (QED) is 0.830. The fourth-order valence-corrected chi connectivity index (χ4v) is 2.34. The van der Waals surface area contributed by atoms with Crippen LogP contribution in [0.15, 0.2) is 29.8 Å². The molecule has 0 spiro atoms. The number of carbonyl (C=O) groups excluding carboxylic acids is 1. The first-order chi connectivity index (χ1) is 10.1. The van der Waals surface area contributed by atoms with E-state index in [0.717, 1.165) is 10.7 Å². The van der Waals surface area contributed by atoms with Crippen molar-refractivity contribution in [3.05, 3.63) is 40.3 Å². The van der Waals surface area contributed by atoms with Crippen LogP contribution < -0.4 is 10.1 Å². The van der Waals surface area contributed by atoms with Gasteiger partial charge in [0.1, 0.15) is 10.8 Å². The van der Waals surface area contributed by atoms with Crippen LogP contribution in [-0.4, -0.2) is 24.2 Å². The molecular weight excluding hydrogens is 288 g/mol. The highest BCUT2D eigenvalue weighted by Crippen LogP contribution is 2.28. The number of hydrogen-bond acceptors (Lipinski definition) is 6. The molecule has 1 aromatic carbocycles. The zero-order valence-corrected chi connectivity index (χ0v) is 13.1. The molecule has 1 heterocycles. The Morgan fingerprint density at radius 1 is 1.43 bits per heavy atom. The minimum Gasteiger partial charge on any atom is -0.489 e. The fraction of sp³-hybridized carbons (Fsp3) is 0.333. The summed E-state index contributed by atoms with van der Waals surface area (Å²) in [7, 11) is 1.36. The molecule has 0 unspecified atom stereocenters. The summed E-state index contributed by atoms with van der Waals surface area (Å²) in [5, 5.41) is 6.15. The van der Waals surface area contributed by atoms with Crippen LogP contribution in [0.1, 0.15) is 29.2 Å². The van der Waals surface area contributed by atoms with Gasteiger partial charge in [0.25, 0.3) is 0 Å². The van der Waals surface area contributed by atoms with E-state index in [4.69, 9.17) is 9.47 Å². The van der Waals surface area contributed by atoms with Crippen LogP contribution in [0.2, 0.25) is 0 Å². The van der Waals surface area contributed by atoms with Gasteiger partial charge in [-0.15, -0.1) is 11.3 Å². The van der Waals surface area contributed by atoms with E-state index in [1.54, 1.807) is 35.7 Å². The summed E-state index contributed by atoms with van der Waals surface area (Å²) >= 11 is 1.57. The first-order valence-corrected chi connectivity index (χ1v) is 7.49. The lowest BCUT2D eigenvalue weighted by molar-refractivity contribution is 0.0601. The molecule has 0 radical (unpaired) electrons. The molecule has 0 fully saturated rings. The lowest BCUT2D eigenvalue weighted by atomic mass is 10.2. The summed E-state index contributed by atoms with van der Waals surface area (Å²) < 4.78 is 10.5. The summed E-state index contributed by atoms with van der Waals surface area (Å²) in [6.07, 6.45) is 1.81. The van der Waals surface area contributed by atoms with Gasteiger partial charge in [-0.2, -0.15) is 0 Å². The maximum atomic E-state index is 11.6. The molecule has 0 bridgehead atoms. The molecule has 5 nitrogen and oxygen atoms in total. The van der Waals surface area contributed by atoms with E-state index < -0.39 is 0 Å². The van der Waals surface area contributed by atoms with E-state index in [1.807, 2.05) is 19.2 Å². The smallest absolute Gasteiger partial charge is 0.337 e. The van der Waals surface area contributed by atoms with Crippen molar-refractivity contribution in [2.45, 2.75) is 26.5 Å². The van der Waals surface area contributed by atoms with Crippen LogP contribution in [0.4, 0.5) is 5.69 Å². The Labute approximate surface area is 127 Å². The molecule has 2 aromatic rings. The number of ether oxygens (including phenoxy) is 2. The number of carbonyl (C=O) groups is 1. The number of aromatic nitrogens is 1. The molecule has 0 saturated heterocycles. The van der Waals surface area contributed by atoms with Gasteiger partial charge in [0, 0.05) is 11.6 Å². The third kappa shape index (κ3) is 4.19. The first-order valence-electron chi connectivity index (χ1n) is 6.61. The summed E-state index contributed by atoms with van der Waals surface area (Å²) in [6.45, 7) is 4.49. The van der Waals surface area contributed by atoms with Gasteiger partial charge in [0.2, 0.25) is 0 Å². The maximum Gasteiger partial charge on any atom is 0.337 e. The molecule has 2 rings (SSSR count). The van der Waals surface area contributed by atoms with Crippen molar-refractivity contribution in [1.82, 2.24) is 4.98 Å². The molecule has 0 atom stereocenters. The number of nitrogens with one attached hydrogen (secondary N) is 1. The molecule has 0 saturated carbocycles. The lowest BCUT2D eigenvalue weighted by Gasteiger charge is -2.16. The standard InChI is InChI=1S/C15H18N2O3S/c1-10(2)20-13-5-4-11(15(18)19-3)8-12(13)17-9-14-16-6-7-21-14/h4-8,10,17H,9H2,1-3H3. The molecule has 21 heavy (non-hydrogen) atoms. The highest BCUT2D eigenvalue weighted by Gasteiger charge is 2.12. The van der Waals surface area contributed by atoms with Crippen molar-refractivity contribution < 1.29 is 14.3 Å². The van der Waals surface area contributed by atoms with Gasteiger partial charge in [0.05, 0.1) is 31.0 Å². The number of nitrogens with zero attached hydrogens (tertiary/aromatic N) is 1. The minimum absolute atomic E-state index is 0.0504. The monoisotopic (exact) mass is 306 g/mol. The summed E-state index contributed by atoms with van der Waals surface area (Å²) in [5.74, 6) is 0.331. The predicted molar refractivity (Wildman–Crippen MR) is 83.0 cm³/mol. The highest BCUT2D eigenvalue weighted by atomic mass is 32.1. The third-order valence-electron chi connectivity index (χ3n) is 2.68. The van der Waals surface area contributed by atoms with E-state index in [2.05, 4.69) is 10.3 Å². The third-order valence-corrected chi connectivity index (χ3v) is 3.46. The summed E-state index contributed by atoms with van der Waals surface area (Å²) in [4.78, 5) is 15.9. The van der Waals surface area contributed by atoms with Gasteiger partial charge >= 0.3 is 5.97 Å². The minimum atomic E-state index is -0.372. The molecule has 0 aliphatic heterocycles. The Balaban J connectivity index is 2.22. The highest BCUT2D eigenvalue weighted by molar-refractivity contribution is 7.09. The Morgan fingerprint density at radius 2 is 2.24 bits per heavy atom. The fourth-order valence-electron chi connectivity index (χ4n) is 1.78. The molecular formula is C15H18N2O3S. The summed E-state index contributed by atoms with van der Waals surface area (Å²) in [5.41, 5.74) is 1.23. The normalized spacial score (nSPS) is 10.5. The lowest BCUT2D eigenvalue weighted by Crippen LogP contribution is -2.10. The van der Waals surface area contributed by atoms with E-state index in [1.165, 1.54) is 7.11 Å². The first kappa shape index (κ1) is 15.3. The van der Waals surface area contributed by atoms with Crippen molar-refractivity contribution in [2.24, 2.45) is 0 Å². The number of esters is 1. The SMILES string of the molecule is COC(=O)c1ccc(OC(C)C)c(NCc2nccs2)c1. The van der Waals surface area contributed by atoms with Crippen molar-refractivity contribution in [3.63, 3.8) is 0 Å². The van der Waals surface area contributed by atoms with Gasteiger partial charge < -0.3 is 14.8 Å². The van der Waals surface area contributed by atoms with E-state index in [0.29, 0.717) is 17.9 Å². The second kappa shape index (κ2) is 7.08. The van der Waals surface area contributed by atoms with E-state index >= 15 is 0 Å². The van der Waals surface area contributed by atoms with Crippen LogP contribution in [0.25, 0.3) is 0 Å². The van der Waals surface area contributed by atoms with Crippen LogP contribution in [-0.2, 0) is 11.3 Å². The van der Waals surface area contributed by atoms with E-state index in [9.17, 15) is 4.79 Å². The van der Waals surface area contributed by atoms with Crippen molar-refractivity contribution >= 4 is 23.0 Å². The Kier molecular flexibility index (Phi) is 5.16. The number of thiazole rings is 1. The predicted octanol–water partition coefficient (Wildman–Crippen LogP) is 3.33. The van der Waals surface area contributed by atoms with Gasteiger partial charge in [-0.05, 0) is 32.0 Å². The number of benzene rings is 1. The largest absolute Gasteiger partial charge is 0.489 e. The number of hydrogen-bond donors (Lipinski definition) is 1. The Hall–Kier alpha value is -2.08. The average Bonchev–Trinajstić information content (AvgIpc) is 2.98. The number of rotatable bonds is 6. The summed E-state index contributed by atoms with van der Waals surface area (Å²) in [6, 6.07) is 5.20. The molecule has 1 N–H and O–H groups in total. The van der Waals surface area contributed by atoms with Crippen molar-refractivity contribution in [1.29, 1.82) is 0 Å². The molecule has 1 aromatic heterocycles. The van der Waals surface area contributed by atoms with Gasteiger partial charge in [0.15, 0.2) is 0 Å². The second-order valence-corrected chi connectivity index (χ2v) is 5.63. The zero-order chi connectivity index (χ0) is 15.2. The topological polar surface area (TPSA) is 60.5 Å². The number of methoxy groups -OCH3 is 1. The zero-order valence-electron chi connectivity index (χ0n) is 12.3. The molecule has 0 amide bonds. The van der Waals surface area contributed by atoms with Crippen LogP contribution >= 0.6 is 11.3 Å². The second-order valence-electron chi connectivity index (χ2n) is 4.65. The van der Waals surface area contributed by atoms with Crippen molar-refractivity contribution in [3.8, 4) is 5.75 Å². The van der Waals surface area contributed by atoms with Gasteiger partial charge in [-0.25, -0.2) is 9.78 Å². The van der Waals surface area contributed by atoms with Gasteiger partial charge in [-0.3, -0.25) is 0 Å². The molecule has 0 aliphatic carbocycles. The molecule has 0 aliphatic rings. The maximum absolute atomic E-state index is 11.6.